The van der Waals surface area contributed by atoms with E-state index in [0.29, 0.717) is 29.4 Å². The number of hydrogen-bond donors (Lipinski definition) is 1. The van der Waals surface area contributed by atoms with E-state index in [4.69, 9.17) is 22.3 Å². The molecule has 1 amide bonds. The Morgan fingerprint density at radius 2 is 1.84 bits per heavy atom. The normalized spacial score (nSPS) is 20.2. The van der Waals surface area contributed by atoms with Crippen molar-refractivity contribution in [3.63, 3.8) is 0 Å². The Bertz CT molecular complexity index is 971. The number of nitrogens with two attached hydrogens (primary N) is 1. The molecule has 3 aliphatic rings. The predicted octanol–water partition coefficient (Wildman–Crippen LogP) is 2.63. The Labute approximate surface area is 188 Å². The Hall–Kier alpha value is -2.38. The van der Waals surface area contributed by atoms with Gasteiger partial charge in [0.25, 0.3) is 5.91 Å². The van der Waals surface area contributed by atoms with E-state index >= 15 is 0 Å². The largest absolute Gasteiger partial charge is 0.398 e. The van der Waals surface area contributed by atoms with Crippen LogP contribution < -0.4 is 10.6 Å². The summed E-state index contributed by atoms with van der Waals surface area (Å²) in [4.78, 5) is 29.4. The van der Waals surface area contributed by atoms with Crippen molar-refractivity contribution in [1.29, 1.82) is 0 Å². The smallest absolute Gasteiger partial charge is 0.256 e. The summed E-state index contributed by atoms with van der Waals surface area (Å²) in [6.07, 6.45) is 7.51. The Morgan fingerprint density at radius 1 is 1.06 bits per heavy atom. The lowest BCUT2D eigenvalue weighted by atomic mass is 9.91. The summed E-state index contributed by atoms with van der Waals surface area (Å²) < 4.78 is 0. The average Bonchev–Trinajstić information content (AvgIpc) is 2.96. The van der Waals surface area contributed by atoms with Crippen LogP contribution in [0.25, 0.3) is 0 Å². The van der Waals surface area contributed by atoms with E-state index < -0.39 is 0 Å². The number of piperazine rings is 1. The average molecular weight is 441 g/mol. The third kappa shape index (κ3) is 4.21. The number of amides is 1. The first-order valence-electron chi connectivity index (χ1n) is 11.3. The highest BCUT2D eigenvalue weighted by molar-refractivity contribution is 6.31. The lowest BCUT2D eigenvalue weighted by Gasteiger charge is -2.43. The zero-order chi connectivity index (χ0) is 21.4. The molecular weight excluding hydrogens is 412 g/mol. The molecule has 1 aromatic carbocycles. The summed E-state index contributed by atoms with van der Waals surface area (Å²) in [6.45, 7) is 5.38. The van der Waals surface area contributed by atoms with Crippen LogP contribution in [0.2, 0.25) is 5.02 Å². The molecule has 1 aliphatic carbocycles. The summed E-state index contributed by atoms with van der Waals surface area (Å²) in [7, 11) is 0. The molecule has 0 bridgehead atoms. The summed E-state index contributed by atoms with van der Waals surface area (Å²) in [6, 6.07) is 5.84. The monoisotopic (exact) mass is 440 g/mol. The molecule has 5 rings (SSSR count). The molecule has 0 atom stereocenters. The van der Waals surface area contributed by atoms with Crippen LogP contribution in [0.1, 0.15) is 40.9 Å². The van der Waals surface area contributed by atoms with Crippen LogP contribution in [0.4, 0.5) is 11.6 Å². The van der Waals surface area contributed by atoms with E-state index in [1.807, 2.05) is 11.1 Å². The van der Waals surface area contributed by atoms with Crippen LogP contribution in [-0.4, -0.2) is 71.0 Å². The maximum absolute atomic E-state index is 13.0. The van der Waals surface area contributed by atoms with Gasteiger partial charge in [-0.1, -0.05) is 18.0 Å². The van der Waals surface area contributed by atoms with Crippen LogP contribution in [-0.2, 0) is 12.8 Å². The van der Waals surface area contributed by atoms with Crippen LogP contribution in [0.3, 0.4) is 0 Å². The van der Waals surface area contributed by atoms with E-state index in [1.54, 1.807) is 18.2 Å². The van der Waals surface area contributed by atoms with E-state index in [-0.39, 0.29) is 5.91 Å². The van der Waals surface area contributed by atoms with Gasteiger partial charge in [-0.2, -0.15) is 0 Å². The van der Waals surface area contributed by atoms with Gasteiger partial charge in [0.05, 0.1) is 11.3 Å². The van der Waals surface area contributed by atoms with Crippen LogP contribution >= 0.6 is 11.6 Å². The Kier molecular flexibility index (Phi) is 5.71. The molecule has 1 saturated carbocycles. The van der Waals surface area contributed by atoms with Crippen LogP contribution in [0.5, 0.6) is 0 Å². The molecule has 8 heteroatoms. The van der Waals surface area contributed by atoms with E-state index in [1.165, 1.54) is 19.3 Å². The first-order valence-corrected chi connectivity index (χ1v) is 11.6. The zero-order valence-electron chi connectivity index (χ0n) is 17.8. The number of benzene rings is 1. The number of anilines is 2. The fourth-order valence-corrected chi connectivity index (χ4v) is 4.92. The SMILES string of the molecule is Nc1ccc(Cl)cc1C(=O)N1CCc2cnc(N3CCN(C4CCC4)CC3)nc2CC1. The van der Waals surface area contributed by atoms with Crippen molar-refractivity contribution >= 4 is 29.1 Å². The van der Waals surface area contributed by atoms with E-state index in [0.717, 1.165) is 62.3 Å². The van der Waals surface area contributed by atoms with Gasteiger partial charge in [0.15, 0.2) is 0 Å². The Morgan fingerprint density at radius 3 is 2.58 bits per heavy atom. The third-order valence-electron chi connectivity index (χ3n) is 6.93. The molecule has 1 aromatic heterocycles. The molecule has 2 N–H and O–H groups in total. The summed E-state index contributed by atoms with van der Waals surface area (Å²) >= 11 is 6.08. The molecule has 0 unspecified atom stereocenters. The van der Waals surface area contributed by atoms with Gasteiger partial charge in [0.2, 0.25) is 5.95 Å². The van der Waals surface area contributed by atoms with Gasteiger partial charge in [0.1, 0.15) is 0 Å². The molecule has 1 saturated heterocycles. The molecule has 2 aliphatic heterocycles. The number of carbonyl (C=O) groups is 1. The molecule has 31 heavy (non-hydrogen) atoms. The second kappa shape index (κ2) is 8.63. The van der Waals surface area contributed by atoms with Gasteiger partial charge in [-0.3, -0.25) is 9.69 Å². The number of nitrogen functional groups attached to an aromatic ring is 1. The molecule has 0 spiro atoms. The number of rotatable bonds is 3. The fraction of sp³-hybridized carbons (Fsp3) is 0.522. The number of hydrogen-bond acceptors (Lipinski definition) is 6. The number of fused-ring (bicyclic) bond motifs is 1. The minimum atomic E-state index is -0.0758. The molecule has 7 nitrogen and oxygen atoms in total. The highest BCUT2D eigenvalue weighted by Crippen LogP contribution is 2.27. The molecule has 164 valence electrons. The number of aromatic nitrogens is 2. The second-order valence-electron chi connectivity index (χ2n) is 8.77. The van der Waals surface area contributed by atoms with Crippen molar-refractivity contribution in [3.8, 4) is 0 Å². The number of halogens is 1. The highest BCUT2D eigenvalue weighted by atomic mass is 35.5. The molecular formula is C23H29ClN6O. The summed E-state index contributed by atoms with van der Waals surface area (Å²) in [5, 5.41) is 0.517. The lowest BCUT2D eigenvalue weighted by molar-refractivity contribution is 0.0764. The number of carbonyl (C=O) groups excluding carboxylic acids is 1. The van der Waals surface area contributed by atoms with Crippen molar-refractivity contribution in [2.24, 2.45) is 0 Å². The topological polar surface area (TPSA) is 78.6 Å². The quantitative estimate of drug-likeness (QED) is 0.739. The fourth-order valence-electron chi connectivity index (χ4n) is 4.74. The van der Waals surface area contributed by atoms with Crippen molar-refractivity contribution in [2.45, 2.75) is 38.1 Å². The maximum atomic E-state index is 13.0. The molecule has 2 fully saturated rings. The minimum Gasteiger partial charge on any atom is -0.398 e. The summed E-state index contributed by atoms with van der Waals surface area (Å²) in [5.41, 5.74) is 9.14. The van der Waals surface area contributed by atoms with Crippen LogP contribution in [0.15, 0.2) is 24.4 Å². The van der Waals surface area contributed by atoms with Crippen LogP contribution in [0, 0.1) is 0 Å². The maximum Gasteiger partial charge on any atom is 0.256 e. The molecule has 3 heterocycles. The van der Waals surface area contributed by atoms with E-state index in [2.05, 4.69) is 14.8 Å². The third-order valence-corrected chi connectivity index (χ3v) is 7.17. The van der Waals surface area contributed by atoms with Crippen molar-refractivity contribution in [3.05, 3.63) is 46.2 Å². The molecule has 2 aromatic rings. The van der Waals surface area contributed by atoms with Crippen molar-refractivity contribution in [1.82, 2.24) is 19.8 Å². The first-order chi connectivity index (χ1) is 15.1. The van der Waals surface area contributed by atoms with Gasteiger partial charge in [-0.05, 0) is 43.0 Å². The van der Waals surface area contributed by atoms with Gasteiger partial charge < -0.3 is 15.5 Å². The standard InChI is InChI=1S/C23H29ClN6O/c24-17-4-5-20(25)19(14-17)22(31)29-8-6-16-15-26-23(27-21(16)7-9-29)30-12-10-28(11-13-30)18-2-1-3-18/h4-5,14-15,18H,1-3,6-13,25H2. The predicted molar refractivity (Wildman–Crippen MR) is 123 cm³/mol. The van der Waals surface area contributed by atoms with Gasteiger partial charge in [0, 0.05) is 68.6 Å². The van der Waals surface area contributed by atoms with Gasteiger partial charge >= 0.3 is 0 Å². The number of nitrogens with zero attached hydrogens (tertiary/aromatic N) is 5. The first kappa shape index (κ1) is 20.5. The van der Waals surface area contributed by atoms with Crippen molar-refractivity contribution < 1.29 is 4.79 Å². The highest BCUT2D eigenvalue weighted by Gasteiger charge is 2.29. The van der Waals surface area contributed by atoms with Gasteiger partial charge in [-0.15, -0.1) is 0 Å². The lowest BCUT2D eigenvalue weighted by Crippen LogP contribution is -2.52. The zero-order valence-corrected chi connectivity index (χ0v) is 18.5. The van der Waals surface area contributed by atoms with Crippen molar-refractivity contribution in [2.75, 3.05) is 49.9 Å². The second-order valence-corrected chi connectivity index (χ2v) is 9.21. The Balaban J connectivity index is 1.25. The van der Waals surface area contributed by atoms with E-state index in [9.17, 15) is 4.79 Å². The molecule has 0 radical (unpaired) electrons. The summed E-state index contributed by atoms with van der Waals surface area (Å²) in [5.74, 6) is 0.749. The minimum absolute atomic E-state index is 0.0758. The van der Waals surface area contributed by atoms with Gasteiger partial charge in [-0.25, -0.2) is 9.97 Å².